The van der Waals surface area contributed by atoms with Crippen molar-refractivity contribution in [2.75, 3.05) is 12.4 Å². The van der Waals surface area contributed by atoms with Gasteiger partial charge in [0.1, 0.15) is 10.8 Å². The second-order valence-electron chi connectivity index (χ2n) is 5.42. The fourth-order valence-electron chi connectivity index (χ4n) is 1.99. The molecule has 156 valence electrons. The third kappa shape index (κ3) is 5.51. The second-order valence-corrected chi connectivity index (χ2v) is 7.89. The van der Waals surface area contributed by atoms with E-state index in [2.05, 4.69) is 10.1 Å². The average Bonchev–Trinajstić information content (AvgIpc) is 2.65. The fraction of sp³-hybridized carbons (Fsp3) is 0.176. The van der Waals surface area contributed by atoms with Crippen LogP contribution in [0, 0.1) is 0 Å². The summed E-state index contributed by atoms with van der Waals surface area (Å²) in [5, 5.41) is 3.07. The molecule has 0 spiro atoms. The van der Waals surface area contributed by atoms with Crippen LogP contribution in [0.5, 0.6) is 5.75 Å². The maximum absolute atomic E-state index is 12.3. The predicted octanol–water partition coefficient (Wildman–Crippen LogP) is 4.18. The van der Waals surface area contributed by atoms with E-state index in [1.807, 2.05) is 0 Å². The molecule has 1 atom stereocenters. The van der Waals surface area contributed by atoms with Crippen LogP contribution in [0.1, 0.15) is 11.2 Å². The van der Waals surface area contributed by atoms with E-state index in [4.69, 9.17) is 27.9 Å². The van der Waals surface area contributed by atoms with Gasteiger partial charge in [0.15, 0.2) is 6.10 Å². The van der Waals surface area contributed by atoms with E-state index < -0.39 is 28.1 Å². The Labute approximate surface area is 176 Å². The van der Waals surface area contributed by atoms with Crippen molar-refractivity contribution in [3.8, 4) is 5.75 Å². The van der Waals surface area contributed by atoms with E-state index in [0.29, 0.717) is 10.7 Å². The molecule has 8 nitrogen and oxygen atoms in total. The van der Waals surface area contributed by atoms with Crippen LogP contribution < -0.4 is 14.8 Å². The lowest BCUT2D eigenvalue weighted by molar-refractivity contribution is -0.122. The standard InChI is InChI=1S/C17H16Cl2N2O6S.3H2/c1-10(27-14-5-3-4-13(18)15(14)19)16(22)20-11-6-8-12(9-7-11)28(24,25)21-17(23)26-2;;;/h3-10H,1-2H3,(H,20,22)(H,21,23);3*1H/t10-;;;/m0.../s1. The van der Waals surface area contributed by atoms with Gasteiger partial charge in [-0.1, -0.05) is 29.3 Å². The van der Waals surface area contributed by atoms with Crippen molar-refractivity contribution in [3.05, 3.63) is 52.5 Å². The zero-order chi connectivity index (χ0) is 20.9. The largest absolute Gasteiger partial charge is 0.479 e. The molecule has 0 unspecified atom stereocenters. The van der Waals surface area contributed by atoms with Gasteiger partial charge in [0.25, 0.3) is 15.9 Å². The highest BCUT2D eigenvalue weighted by molar-refractivity contribution is 7.90. The minimum atomic E-state index is -4.07. The Bertz CT molecular complexity index is 994. The summed E-state index contributed by atoms with van der Waals surface area (Å²) in [6, 6.07) is 9.97. The Morgan fingerprint density at radius 3 is 2.36 bits per heavy atom. The molecular weight excluding hydrogens is 431 g/mol. The third-order valence-electron chi connectivity index (χ3n) is 3.42. The van der Waals surface area contributed by atoms with Crippen molar-refractivity contribution in [3.63, 3.8) is 0 Å². The van der Waals surface area contributed by atoms with Crippen molar-refractivity contribution in [1.82, 2.24) is 4.72 Å². The van der Waals surface area contributed by atoms with Gasteiger partial charge >= 0.3 is 6.09 Å². The second kappa shape index (κ2) is 9.13. The quantitative estimate of drug-likeness (QED) is 0.679. The Kier molecular flexibility index (Phi) is 7.11. The van der Waals surface area contributed by atoms with E-state index in [9.17, 15) is 18.0 Å². The maximum atomic E-state index is 12.3. The Balaban J connectivity index is 0. The van der Waals surface area contributed by atoms with Gasteiger partial charge in [-0.05, 0) is 43.3 Å². The van der Waals surface area contributed by atoms with E-state index >= 15 is 0 Å². The van der Waals surface area contributed by atoms with Crippen LogP contribution in [0.2, 0.25) is 10.0 Å². The molecule has 2 aromatic rings. The Morgan fingerprint density at radius 1 is 1.11 bits per heavy atom. The number of benzene rings is 2. The SMILES string of the molecule is COC(=O)NS(=O)(=O)c1ccc(NC(=O)[C@H](C)Oc2cccc(Cl)c2Cl)cc1.[HH].[HH].[HH]. The van der Waals surface area contributed by atoms with Gasteiger partial charge in [0.05, 0.1) is 17.0 Å². The van der Waals surface area contributed by atoms with Crippen molar-refractivity contribution >= 4 is 50.9 Å². The summed E-state index contributed by atoms with van der Waals surface area (Å²) in [7, 11) is -3.03. The maximum Gasteiger partial charge on any atom is 0.420 e. The summed E-state index contributed by atoms with van der Waals surface area (Å²) >= 11 is 11.9. The number of methoxy groups -OCH3 is 1. The first-order valence-corrected chi connectivity index (χ1v) is 10.0. The molecule has 2 N–H and O–H groups in total. The summed E-state index contributed by atoms with van der Waals surface area (Å²) in [5.41, 5.74) is 0.328. The number of carbonyl (C=O) groups excluding carboxylic acids is 2. The number of hydrogen-bond acceptors (Lipinski definition) is 6. The molecule has 0 aliphatic rings. The normalized spacial score (nSPS) is 12.0. The van der Waals surface area contributed by atoms with Gasteiger partial charge in [-0.25, -0.2) is 17.9 Å². The van der Waals surface area contributed by atoms with Crippen molar-refractivity contribution in [1.29, 1.82) is 0 Å². The number of amides is 2. The monoisotopic (exact) mass is 452 g/mol. The Hall–Kier alpha value is -2.49. The first-order chi connectivity index (χ1) is 13.1. The van der Waals surface area contributed by atoms with Crippen LogP contribution in [-0.2, 0) is 19.6 Å². The van der Waals surface area contributed by atoms with Crippen LogP contribution in [0.15, 0.2) is 47.4 Å². The first kappa shape index (κ1) is 21.8. The first-order valence-electron chi connectivity index (χ1n) is 7.76. The summed E-state index contributed by atoms with van der Waals surface area (Å²) in [4.78, 5) is 23.2. The third-order valence-corrected chi connectivity index (χ3v) is 5.55. The van der Waals surface area contributed by atoms with Crippen LogP contribution in [0.3, 0.4) is 0 Å². The molecule has 0 saturated carbocycles. The van der Waals surface area contributed by atoms with Gasteiger partial charge in [-0.2, -0.15) is 0 Å². The number of sulfonamides is 1. The minimum absolute atomic E-state index is 0. The molecule has 2 aromatic carbocycles. The molecular formula is C17H22Cl2N2O6S. The predicted molar refractivity (Wildman–Crippen MR) is 111 cm³/mol. The van der Waals surface area contributed by atoms with Crippen LogP contribution in [0.4, 0.5) is 10.5 Å². The van der Waals surface area contributed by atoms with E-state index in [1.165, 1.54) is 31.2 Å². The van der Waals surface area contributed by atoms with Gasteiger partial charge in [-0.15, -0.1) is 0 Å². The molecule has 2 amide bonds. The molecule has 0 bridgehead atoms. The van der Waals surface area contributed by atoms with E-state index in [-0.39, 0.29) is 19.9 Å². The number of nitrogens with one attached hydrogen (secondary N) is 2. The highest BCUT2D eigenvalue weighted by atomic mass is 35.5. The molecule has 0 saturated heterocycles. The van der Waals surface area contributed by atoms with E-state index in [1.54, 1.807) is 22.9 Å². The molecule has 0 aromatic heterocycles. The molecule has 28 heavy (non-hydrogen) atoms. The number of rotatable bonds is 6. The fourth-order valence-corrected chi connectivity index (χ4v) is 3.24. The Morgan fingerprint density at radius 2 is 1.75 bits per heavy atom. The van der Waals surface area contributed by atoms with Crippen molar-refractivity contribution in [2.45, 2.75) is 17.9 Å². The number of ether oxygens (including phenoxy) is 2. The summed E-state index contributed by atoms with van der Waals surface area (Å²) < 4.78 is 35.4. The molecule has 0 radical (unpaired) electrons. The van der Waals surface area contributed by atoms with Gasteiger partial charge in [0.2, 0.25) is 0 Å². The molecule has 11 heteroatoms. The molecule has 0 aliphatic carbocycles. The summed E-state index contributed by atoms with van der Waals surface area (Å²) in [5.74, 6) is -0.230. The molecule has 2 rings (SSSR count). The summed E-state index contributed by atoms with van der Waals surface area (Å²) in [6.45, 7) is 1.52. The lowest BCUT2D eigenvalue weighted by atomic mass is 10.3. The lowest BCUT2D eigenvalue weighted by Crippen LogP contribution is -2.31. The molecule has 0 heterocycles. The smallest absolute Gasteiger partial charge is 0.420 e. The minimum Gasteiger partial charge on any atom is -0.479 e. The topological polar surface area (TPSA) is 111 Å². The average molecular weight is 453 g/mol. The number of anilines is 1. The highest BCUT2D eigenvalue weighted by Gasteiger charge is 2.19. The zero-order valence-corrected chi connectivity index (χ0v) is 17.1. The van der Waals surface area contributed by atoms with E-state index in [0.717, 1.165) is 7.11 Å². The highest BCUT2D eigenvalue weighted by Crippen LogP contribution is 2.32. The molecule has 0 aliphatic heterocycles. The van der Waals surface area contributed by atoms with Crippen LogP contribution >= 0.6 is 23.2 Å². The summed E-state index contributed by atoms with van der Waals surface area (Å²) in [6.07, 6.45) is -2.01. The van der Waals surface area contributed by atoms with Gasteiger partial charge in [-0.3, -0.25) is 4.79 Å². The van der Waals surface area contributed by atoms with Crippen molar-refractivity contribution in [2.24, 2.45) is 0 Å². The van der Waals surface area contributed by atoms with Crippen LogP contribution in [0.25, 0.3) is 0 Å². The lowest BCUT2D eigenvalue weighted by Gasteiger charge is -2.16. The van der Waals surface area contributed by atoms with Gasteiger partial charge < -0.3 is 14.8 Å². The van der Waals surface area contributed by atoms with Crippen molar-refractivity contribution < 1.29 is 31.8 Å². The molecule has 0 fully saturated rings. The zero-order valence-electron chi connectivity index (χ0n) is 14.7. The van der Waals surface area contributed by atoms with Gasteiger partial charge in [0, 0.05) is 9.97 Å². The number of carbonyl (C=O) groups is 2. The number of halogens is 2. The van der Waals surface area contributed by atoms with Crippen LogP contribution in [-0.4, -0.2) is 33.6 Å². The number of hydrogen-bond donors (Lipinski definition) is 2.